The molecule has 0 amide bonds. The Morgan fingerprint density at radius 2 is 1.88 bits per heavy atom. The topological polar surface area (TPSA) is 43.4 Å². The van der Waals surface area contributed by atoms with E-state index in [1.165, 1.54) is 30.8 Å². The molecule has 1 aromatic rings. The van der Waals surface area contributed by atoms with Crippen molar-refractivity contribution in [2.45, 2.75) is 11.8 Å². The molecule has 88 valence electrons. The Bertz CT molecular complexity index is 435. The first-order valence-corrected chi connectivity index (χ1v) is 5.84. The van der Waals surface area contributed by atoms with Crippen LogP contribution in [0.4, 0.5) is 0 Å². The van der Waals surface area contributed by atoms with Gasteiger partial charge in [-0.3, -0.25) is 4.79 Å². The average molecular weight is 248 g/mol. The molecule has 3 nitrogen and oxygen atoms in total. The summed E-state index contributed by atoms with van der Waals surface area (Å²) in [5, 5.41) is 1.84. The molecule has 0 spiro atoms. The van der Waals surface area contributed by atoms with Gasteiger partial charge in [0.25, 0.3) is 0 Å². The second kappa shape index (κ2) is 7.46. The van der Waals surface area contributed by atoms with Gasteiger partial charge in [0, 0.05) is 17.9 Å². The highest BCUT2D eigenvalue weighted by atomic mass is 32.2. The molecule has 0 heterocycles. The van der Waals surface area contributed by atoms with Crippen molar-refractivity contribution in [3.05, 3.63) is 54.0 Å². The van der Waals surface area contributed by atoms with E-state index in [2.05, 4.69) is 4.74 Å². The number of rotatable bonds is 4. The van der Waals surface area contributed by atoms with E-state index in [-0.39, 0.29) is 0 Å². The van der Waals surface area contributed by atoms with Crippen molar-refractivity contribution in [2.24, 2.45) is 0 Å². The quantitative estimate of drug-likeness (QED) is 0.270. The Hall–Kier alpha value is -1.81. The summed E-state index contributed by atoms with van der Waals surface area (Å²) in [7, 11) is 0. The number of carbonyl (C=O) groups excluding carboxylic acids is 2. The van der Waals surface area contributed by atoms with Crippen molar-refractivity contribution in [3.63, 3.8) is 0 Å². The fourth-order valence-corrected chi connectivity index (χ4v) is 1.61. The van der Waals surface area contributed by atoms with E-state index >= 15 is 0 Å². The number of allylic oxidation sites excluding steroid dienone is 2. The first kappa shape index (κ1) is 13.3. The first-order chi connectivity index (χ1) is 8.18. The number of esters is 2. The van der Waals surface area contributed by atoms with Crippen LogP contribution in [0.3, 0.4) is 0 Å². The van der Waals surface area contributed by atoms with Gasteiger partial charge in [0.15, 0.2) is 0 Å². The molecule has 0 radical (unpaired) electrons. The molecule has 1 aromatic carbocycles. The van der Waals surface area contributed by atoms with Crippen LogP contribution in [0.25, 0.3) is 0 Å². The van der Waals surface area contributed by atoms with Crippen molar-refractivity contribution >= 4 is 23.7 Å². The van der Waals surface area contributed by atoms with E-state index in [4.69, 9.17) is 0 Å². The summed E-state index contributed by atoms with van der Waals surface area (Å²) in [6.07, 6.45) is 4.43. The maximum absolute atomic E-state index is 10.9. The molecule has 0 bridgehead atoms. The van der Waals surface area contributed by atoms with Gasteiger partial charge in [-0.1, -0.05) is 42.1 Å². The van der Waals surface area contributed by atoms with Crippen molar-refractivity contribution < 1.29 is 14.3 Å². The third-order valence-electron chi connectivity index (χ3n) is 1.61. The maximum atomic E-state index is 10.9. The minimum atomic E-state index is -0.660. The monoisotopic (exact) mass is 248 g/mol. The van der Waals surface area contributed by atoms with Gasteiger partial charge in [-0.15, -0.1) is 0 Å². The lowest BCUT2D eigenvalue weighted by Gasteiger charge is -1.92. The van der Waals surface area contributed by atoms with Crippen molar-refractivity contribution in [1.29, 1.82) is 0 Å². The van der Waals surface area contributed by atoms with Gasteiger partial charge in [0.1, 0.15) is 0 Å². The van der Waals surface area contributed by atoms with E-state index in [1.54, 1.807) is 6.08 Å². The van der Waals surface area contributed by atoms with Gasteiger partial charge in [0.05, 0.1) is 0 Å². The van der Waals surface area contributed by atoms with Crippen LogP contribution in [0.2, 0.25) is 0 Å². The molecular weight excluding hydrogens is 236 g/mol. The van der Waals surface area contributed by atoms with Gasteiger partial charge in [-0.2, -0.15) is 0 Å². The number of benzene rings is 1. The molecule has 0 saturated carbocycles. The Morgan fingerprint density at radius 1 is 1.18 bits per heavy atom. The molecule has 0 atom stereocenters. The predicted molar refractivity (Wildman–Crippen MR) is 67.4 cm³/mol. The molecule has 0 unspecified atom stereocenters. The van der Waals surface area contributed by atoms with Crippen LogP contribution < -0.4 is 0 Å². The Labute approximate surface area is 104 Å². The summed E-state index contributed by atoms with van der Waals surface area (Å²) >= 11 is 1.54. The highest BCUT2D eigenvalue weighted by Gasteiger charge is 1.98. The molecule has 1 rings (SSSR count). The molecular formula is C13H12O3S. The minimum Gasteiger partial charge on any atom is -0.390 e. The van der Waals surface area contributed by atoms with E-state index in [0.29, 0.717) is 0 Å². The molecule has 0 N–H and O–H groups in total. The standard InChI is InChI=1S/C13H12O3S/c1-11(14)16-13(15)9-5-6-10-17-12-7-3-2-4-8-12/h2-10H,1H3/b9-5+,10-6+. The lowest BCUT2D eigenvalue weighted by molar-refractivity contribution is -0.154. The number of hydrogen-bond donors (Lipinski definition) is 0. The average Bonchev–Trinajstić information content (AvgIpc) is 2.29. The van der Waals surface area contributed by atoms with Crippen LogP contribution in [-0.4, -0.2) is 11.9 Å². The molecule has 0 aliphatic carbocycles. The summed E-state index contributed by atoms with van der Waals surface area (Å²) in [6, 6.07) is 9.84. The minimum absolute atomic E-state index is 0.609. The number of ether oxygens (including phenoxy) is 1. The number of thioether (sulfide) groups is 1. The van der Waals surface area contributed by atoms with Crippen LogP contribution in [0.5, 0.6) is 0 Å². The van der Waals surface area contributed by atoms with Gasteiger partial charge in [-0.05, 0) is 17.5 Å². The largest absolute Gasteiger partial charge is 0.390 e. The summed E-state index contributed by atoms with van der Waals surface area (Å²) in [4.78, 5) is 22.5. The highest BCUT2D eigenvalue weighted by molar-refractivity contribution is 8.02. The fourth-order valence-electron chi connectivity index (χ4n) is 0.972. The first-order valence-electron chi connectivity index (χ1n) is 4.96. The number of hydrogen-bond acceptors (Lipinski definition) is 4. The van der Waals surface area contributed by atoms with Gasteiger partial charge in [0.2, 0.25) is 0 Å². The lowest BCUT2D eigenvalue weighted by Crippen LogP contribution is -2.04. The summed E-state index contributed by atoms with van der Waals surface area (Å²) in [5.74, 6) is -1.27. The van der Waals surface area contributed by atoms with Crippen molar-refractivity contribution in [2.75, 3.05) is 0 Å². The van der Waals surface area contributed by atoms with Crippen molar-refractivity contribution in [1.82, 2.24) is 0 Å². The second-order valence-corrected chi connectivity index (χ2v) is 4.01. The van der Waals surface area contributed by atoms with Crippen molar-refractivity contribution in [3.8, 4) is 0 Å². The molecule has 0 aliphatic rings. The van der Waals surface area contributed by atoms with E-state index < -0.39 is 11.9 Å². The summed E-state index contributed by atoms with van der Waals surface area (Å²) in [5.41, 5.74) is 0. The van der Waals surface area contributed by atoms with Crippen LogP contribution in [0.1, 0.15) is 6.92 Å². The normalized spacial score (nSPS) is 10.9. The third-order valence-corrected chi connectivity index (χ3v) is 2.45. The van der Waals surface area contributed by atoms with E-state index in [0.717, 1.165) is 4.90 Å². The molecule has 0 aliphatic heterocycles. The SMILES string of the molecule is CC(=O)OC(=O)/C=C/C=C/Sc1ccccc1. The maximum Gasteiger partial charge on any atom is 0.338 e. The Kier molecular flexibility index (Phi) is 5.82. The van der Waals surface area contributed by atoms with E-state index in [9.17, 15) is 9.59 Å². The highest BCUT2D eigenvalue weighted by Crippen LogP contribution is 2.17. The Morgan fingerprint density at radius 3 is 2.53 bits per heavy atom. The van der Waals surface area contributed by atoms with Gasteiger partial charge < -0.3 is 4.74 Å². The van der Waals surface area contributed by atoms with Gasteiger partial charge >= 0.3 is 11.9 Å². The molecule has 17 heavy (non-hydrogen) atoms. The zero-order valence-corrected chi connectivity index (χ0v) is 10.1. The fraction of sp³-hybridized carbons (Fsp3) is 0.0769. The molecule has 0 aromatic heterocycles. The zero-order valence-electron chi connectivity index (χ0n) is 9.33. The molecule has 4 heteroatoms. The third kappa shape index (κ3) is 6.37. The van der Waals surface area contributed by atoms with E-state index in [1.807, 2.05) is 35.7 Å². The Balaban J connectivity index is 2.33. The van der Waals surface area contributed by atoms with Crippen LogP contribution in [0.15, 0.2) is 58.9 Å². The van der Waals surface area contributed by atoms with Crippen LogP contribution in [0, 0.1) is 0 Å². The predicted octanol–water partition coefficient (Wildman–Crippen LogP) is 2.94. The lowest BCUT2D eigenvalue weighted by atomic mass is 10.4. The van der Waals surface area contributed by atoms with Crippen LogP contribution in [-0.2, 0) is 14.3 Å². The zero-order chi connectivity index (χ0) is 12.5. The van der Waals surface area contributed by atoms with Crippen LogP contribution >= 0.6 is 11.8 Å². The second-order valence-electron chi connectivity index (χ2n) is 3.03. The summed E-state index contributed by atoms with van der Waals surface area (Å²) < 4.78 is 4.31. The summed E-state index contributed by atoms with van der Waals surface area (Å²) in [6.45, 7) is 1.19. The molecule has 0 fully saturated rings. The molecule has 0 saturated heterocycles. The van der Waals surface area contributed by atoms with Gasteiger partial charge in [-0.25, -0.2) is 4.79 Å². The number of carbonyl (C=O) groups is 2. The smallest absolute Gasteiger partial charge is 0.338 e.